The van der Waals surface area contributed by atoms with Gasteiger partial charge in [-0.05, 0) is 48.5 Å². The van der Waals surface area contributed by atoms with Crippen molar-refractivity contribution in [2.24, 2.45) is 0 Å². The maximum Gasteiger partial charge on any atom is 0.251 e. The third-order valence-electron chi connectivity index (χ3n) is 5.09. The van der Waals surface area contributed by atoms with E-state index >= 15 is 0 Å². The highest BCUT2D eigenvalue weighted by Gasteiger charge is 2.24. The Morgan fingerprint density at radius 2 is 1.59 bits per heavy atom. The van der Waals surface area contributed by atoms with Crippen LogP contribution in [0.25, 0.3) is 11.0 Å². The minimum atomic E-state index is -0.450. The number of hydrogen-bond donors (Lipinski definition) is 3. The van der Waals surface area contributed by atoms with E-state index in [2.05, 4.69) is 20.3 Å². The number of hydrogen-bond acceptors (Lipinski definition) is 7. The van der Waals surface area contributed by atoms with Crippen LogP contribution in [0.4, 0.5) is 11.8 Å². The molecule has 0 atom stereocenters. The lowest BCUT2D eigenvalue weighted by atomic mass is 9.88. The minimum Gasteiger partial charge on any atom is -0.457 e. The summed E-state index contributed by atoms with van der Waals surface area (Å²) in [4.78, 5) is 25.4. The summed E-state index contributed by atoms with van der Waals surface area (Å²) >= 11 is 0. The maximum atomic E-state index is 12.7. The zero-order chi connectivity index (χ0) is 22.7. The van der Waals surface area contributed by atoms with Crippen molar-refractivity contribution in [3.05, 3.63) is 78.0 Å². The molecule has 162 valence electrons. The number of carbonyl (C=O) groups is 1. The third-order valence-corrected chi connectivity index (χ3v) is 5.09. The molecule has 5 N–H and O–H groups in total. The molecule has 0 spiro atoms. The molecular formula is C24H24N6O2. The molecule has 0 fully saturated rings. The molecule has 1 amide bonds. The lowest BCUT2D eigenvalue weighted by Crippen LogP contribution is -2.37. The number of rotatable bonds is 6. The molecule has 0 bridgehead atoms. The standard InChI is InChI=1S/C24H24N6O2/c1-24(2,19-13-12-18-20(25)29-23(26)30-21(18)28-19)14-27-22(31)15-8-10-17(11-9-15)32-16-6-4-3-5-7-16/h3-13H,14H2,1-2H3,(H,27,31)(H4,25,26,28,29,30). The summed E-state index contributed by atoms with van der Waals surface area (Å²) in [5.41, 5.74) is 12.9. The number of carbonyl (C=O) groups excluding carboxylic acids is 1. The monoisotopic (exact) mass is 428 g/mol. The number of fused-ring (bicyclic) bond motifs is 1. The van der Waals surface area contributed by atoms with Gasteiger partial charge in [0.15, 0.2) is 5.65 Å². The predicted octanol–water partition coefficient (Wildman–Crippen LogP) is 3.69. The lowest BCUT2D eigenvalue weighted by Gasteiger charge is -2.24. The number of nitrogens with two attached hydrogens (primary N) is 2. The van der Waals surface area contributed by atoms with Crippen LogP contribution in [-0.4, -0.2) is 27.4 Å². The van der Waals surface area contributed by atoms with Gasteiger partial charge in [-0.2, -0.15) is 9.97 Å². The van der Waals surface area contributed by atoms with Gasteiger partial charge in [-0.1, -0.05) is 32.0 Å². The highest BCUT2D eigenvalue weighted by atomic mass is 16.5. The first-order chi connectivity index (χ1) is 15.3. The Labute approximate surface area is 185 Å². The summed E-state index contributed by atoms with van der Waals surface area (Å²) in [5.74, 6) is 1.58. The van der Waals surface area contributed by atoms with Crippen LogP contribution in [-0.2, 0) is 5.41 Å². The topological polar surface area (TPSA) is 129 Å². The summed E-state index contributed by atoms with van der Waals surface area (Å²) in [5, 5.41) is 3.62. The lowest BCUT2D eigenvalue weighted by molar-refractivity contribution is 0.0945. The van der Waals surface area contributed by atoms with Crippen molar-refractivity contribution < 1.29 is 9.53 Å². The van der Waals surface area contributed by atoms with E-state index in [-0.39, 0.29) is 17.7 Å². The Kier molecular flexibility index (Phi) is 5.59. The van der Waals surface area contributed by atoms with E-state index in [1.54, 1.807) is 24.3 Å². The number of amides is 1. The summed E-state index contributed by atoms with van der Waals surface area (Å²) in [6.07, 6.45) is 0. The molecule has 0 aliphatic heterocycles. The van der Waals surface area contributed by atoms with Crippen molar-refractivity contribution in [1.29, 1.82) is 0 Å². The summed E-state index contributed by atoms with van der Waals surface area (Å²) in [6, 6.07) is 20.2. The average Bonchev–Trinajstić information content (AvgIpc) is 2.78. The first-order valence-corrected chi connectivity index (χ1v) is 10.1. The SMILES string of the molecule is CC(C)(CNC(=O)c1ccc(Oc2ccccc2)cc1)c1ccc2c(N)nc(N)nc2n1. The van der Waals surface area contributed by atoms with Gasteiger partial charge in [0.25, 0.3) is 5.91 Å². The first-order valence-electron chi connectivity index (χ1n) is 10.1. The minimum absolute atomic E-state index is 0.0745. The summed E-state index contributed by atoms with van der Waals surface area (Å²) in [7, 11) is 0. The van der Waals surface area contributed by atoms with E-state index in [9.17, 15) is 4.79 Å². The predicted molar refractivity (Wildman–Crippen MR) is 124 cm³/mol. The number of pyridine rings is 1. The van der Waals surface area contributed by atoms with Crippen molar-refractivity contribution in [1.82, 2.24) is 20.3 Å². The number of para-hydroxylation sites is 1. The Morgan fingerprint density at radius 1 is 0.906 bits per heavy atom. The quantitative estimate of drug-likeness (QED) is 0.427. The van der Waals surface area contributed by atoms with Crippen LogP contribution < -0.4 is 21.5 Å². The van der Waals surface area contributed by atoms with Crippen LogP contribution in [0.2, 0.25) is 0 Å². The number of aromatic nitrogens is 3. The Morgan fingerprint density at radius 3 is 2.31 bits per heavy atom. The molecule has 0 saturated heterocycles. The molecule has 4 rings (SSSR count). The van der Waals surface area contributed by atoms with Crippen LogP contribution in [0.15, 0.2) is 66.7 Å². The molecule has 8 nitrogen and oxygen atoms in total. The Bertz CT molecular complexity index is 1260. The molecular weight excluding hydrogens is 404 g/mol. The third kappa shape index (κ3) is 4.59. The normalized spacial score (nSPS) is 11.3. The molecule has 8 heteroatoms. The van der Waals surface area contributed by atoms with Gasteiger partial charge in [-0.15, -0.1) is 0 Å². The van der Waals surface area contributed by atoms with Gasteiger partial charge in [-0.25, -0.2) is 4.98 Å². The molecule has 2 heterocycles. The molecule has 0 saturated carbocycles. The van der Waals surface area contributed by atoms with E-state index < -0.39 is 5.41 Å². The molecule has 32 heavy (non-hydrogen) atoms. The number of nitrogens with zero attached hydrogens (tertiary/aromatic N) is 3. The number of nitrogens with one attached hydrogen (secondary N) is 1. The van der Waals surface area contributed by atoms with Crippen molar-refractivity contribution in [3.8, 4) is 11.5 Å². The molecule has 0 radical (unpaired) electrons. The smallest absolute Gasteiger partial charge is 0.251 e. The van der Waals surface area contributed by atoms with E-state index in [0.717, 1.165) is 11.4 Å². The molecule has 4 aromatic rings. The molecule has 2 aromatic carbocycles. The highest BCUT2D eigenvalue weighted by molar-refractivity contribution is 5.94. The van der Waals surface area contributed by atoms with Crippen LogP contribution in [0, 0.1) is 0 Å². The average molecular weight is 428 g/mol. The second-order valence-electron chi connectivity index (χ2n) is 8.04. The molecule has 0 aliphatic rings. The Balaban J connectivity index is 1.43. The molecule has 0 aliphatic carbocycles. The van der Waals surface area contributed by atoms with E-state index in [4.69, 9.17) is 16.2 Å². The van der Waals surface area contributed by atoms with Crippen LogP contribution >= 0.6 is 0 Å². The largest absolute Gasteiger partial charge is 0.457 e. The zero-order valence-electron chi connectivity index (χ0n) is 17.9. The number of anilines is 2. The number of nitrogen functional groups attached to an aromatic ring is 2. The molecule has 2 aromatic heterocycles. The van der Waals surface area contributed by atoms with E-state index in [1.807, 2.05) is 56.3 Å². The van der Waals surface area contributed by atoms with Crippen molar-refractivity contribution in [2.75, 3.05) is 18.0 Å². The van der Waals surface area contributed by atoms with Gasteiger partial charge in [0.05, 0.1) is 11.1 Å². The van der Waals surface area contributed by atoms with Crippen molar-refractivity contribution in [3.63, 3.8) is 0 Å². The van der Waals surface area contributed by atoms with Crippen LogP contribution in [0.5, 0.6) is 11.5 Å². The van der Waals surface area contributed by atoms with Gasteiger partial charge in [-0.3, -0.25) is 4.79 Å². The van der Waals surface area contributed by atoms with Gasteiger partial charge in [0.1, 0.15) is 17.3 Å². The maximum absolute atomic E-state index is 12.7. The second-order valence-corrected chi connectivity index (χ2v) is 8.04. The van der Waals surface area contributed by atoms with Crippen molar-refractivity contribution >= 4 is 28.7 Å². The Hall–Kier alpha value is -4.20. The van der Waals surface area contributed by atoms with Gasteiger partial charge < -0.3 is 21.5 Å². The second kappa shape index (κ2) is 8.50. The molecule has 0 unspecified atom stereocenters. The zero-order valence-corrected chi connectivity index (χ0v) is 17.9. The fourth-order valence-electron chi connectivity index (χ4n) is 3.22. The van der Waals surface area contributed by atoms with Gasteiger partial charge in [0.2, 0.25) is 5.95 Å². The highest BCUT2D eigenvalue weighted by Crippen LogP contribution is 2.25. The summed E-state index contributed by atoms with van der Waals surface area (Å²) < 4.78 is 5.77. The number of ether oxygens (including phenoxy) is 1. The summed E-state index contributed by atoms with van der Waals surface area (Å²) in [6.45, 7) is 4.36. The van der Waals surface area contributed by atoms with Crippen LogP contribution in [0.1, 0.15) is 29.9 Å². The first kappa shape index (κ1) is 21.0. The fraction of sp³-hybridized carbons (Fsp3) is 0.167. The van der Waals surface area contributed by atoms with E-state index in [1.165, 1.54) is 0 Å². The van der Waals surface area contributed by atoms with Crippen molar-refractivity contribution in [2.45, 2.75) is 19.3 Å². The van der Waals surface area contributed by atoms with Crippen LogP contribution in [0.3, 0.4) is 0 Å². The number of benzene rings is 2. The van der Waals surface area contributed by atoms with Gasteiger partial charge >= 0.3 is 0 Å². The van der Waals surface area contributed by atoms with Gasteiger partial charge in [0, 0.05) is 17.5 Å². The fourth-order valence-corrected chi connectivity index (χ4v) is 3.22. The van der Waals surface area contributed by atoms with E-state index in [0.29, 0.717) is 28.9 Å².